The molecule has 0 spiro atoms. The minimum absolute atomic E-state index is 0.0114. The number of amides is 2. The Morgan fingerprint density at radius 2 is 2.06 bits per heavy atom. The molecule has 2 aliphatic heterocycles. The molecule has 0 radical (unpaired) electrons. The molecule has 1 fully saturated rings. The van der Waals surface area contributed by atoms with Gasteiger partial charge in [0.15, 0.2) is 0 Å². The van der Waals surface area contributed by atoms with Gasteiger partial charge in [0.2, 0.25) is 5.91 Å². The average molecular weight is 445 g/mol. The fraction of sp³-hybridized carbons (Fsp3) is 0.320. The molecule has 5 rings (SSSR count). The van der Waals surface area contributed by atoms with Crippen LogP contribution in [0.4, 0.5) is 10.2 Å². The van der Waals surface area contributed by atoms with Crippen LogP contribution in [0, 0.1) is 12.7 Å². The SMILES string of the molecule is Cc1nc([C@H]2CCN(C(=O)c3cccnc3)C2)nc2c1CCC(=O)N2Cc1cccc(F)c1. The maximum Gasteiger partial charge on any atom is 0.255 e. The molecule has 168 valence electrons. The number of pyridine rings is 1. The van der Waals surface area contributed by atoms with Gasteiger partial charge in [0.25, 0.3) is 5.91 Å². The van der Waals surface area contributed by atoms with Crippen LogP contribution in [0.25, 0.3) is 0 Å². The first kappa shape index (κ1) is 21.2. The van der Waals surface area contributed by atoms with Gasteiger partial charge < -0.3 is 4.90 Å². The number of anilines is 1. The molecule has 2 amide bonds. The first-order chi connectivity index (χ1) is 16.0. The number of likely N-dealkylation sites (tertiary alicyclic amines) is 1. The number of benzene rings is 1. The third-order valence-corrected chi connectivity index (χ3v) is 6.33. The number of fused-ring (bicyclic) bond motifs is 1. The Kier molecular flexibility index (Phi) is 5.58. The minimum Gasteiger partial charge on any atom is -0.338 e. The molecule has 8 heteroatoms. The highest BCUT2D eigenvalue weighted by atomic mass is 19.1. The van der Waals surface area contributed by atoms with Gasteiger partial charge in [-0.2, -0.15) is 0 Å². The molecule has 2 aliphatic rings. The summed E-state index contributed by atoms with van der Waals surface area (Å²) in [6.07, 6.45) is 4.94. The van der Waals surface area contributed by atoms with E-state index in [-0.39, 0.29) is 30.1 Å². The summed E-state index contributed by atoms with van der Waals surface area (Å²) in [5.74, 6) is 0.823. The van der Waals surface area contributed by atoms with Crippen molar-refractivity contribution in [3.05, 3.63) is 82.8 Å². The highest BCUT2D eigenvalue weighted by molar-refractivity contribution is 5.95. The van der Waals surface area contributed by atoms with E-state index in [1.165, 1.54) is 12.1 Å². The quantitative estimate of drug-likeness (QED) is 0.615. The summed E-state index contributed by atoms with van der Waals surface area (Å²) in [4.78, 5) is 42.7. The summed E-state index contributed by atoms with van der Waals surface area (Å²) in [5.41, 5.74) is 3.08. The van der Waals surface area contributed by atoms with Gasteiger partial charge in [-0.3, -0.25) is 19.5 Å². The Morgan fingerprint density at radius 3 is 2.85 bits per heavy atom. The minimum atomic E-state index is -0.332. The van der Waals surface area contributed by atoms with Crippen LogP contribution in [0.2, 0.25) is 0 Å². The van der Waals surface area contributed by atoms with Gasteiger partial charge in [-0.1, -0.05) is 12.1 Å². The summed E-state index contributed by atoms with van der Waals surface area (Å²) < 4.78 is 13.7. The lowest BCUT2D eigenvalue weighted by atomic mass is 10.0. The molecule has 0 unspecified atom stereocenters. The van der Waals surface area contributed by atoms with Crippen molar-refractivity contribution in [3.8, 4) is 0 Å². The Labute approximate surface area is 191 Å². The van der Waals surface area contributed by atoms with Gasteiger partial charge in [-0.05, 0) is 49.6 Å². The number of rotatable bonds is 4. The number of hydrogen-bond acceptors (Lipinski definition) is 5. The zero-order valence-corrected chi connectivity index (χ0v) is 18.4. The molecule has 1 atom stereocenters. The third kappa shape index (κ3) is 4.20. The highest BCUT2D eigenvalue weighted by Gasteiger charge is 2.33. The van der Waals surface area contributed by atoms with Crippen LogP contribution in [0.15, 0.2) is 48.8 Å². The molecule has 33 heavy (non-hydrogen) atoms. The van der Waals surface area contributed by atoms with E-state index in [0.717, 1.165) is 17.7 Å². The number of carbonyl (C=O) groups is 2. The molecule has 4 heterocycles. The normalized spacial score (nSPS) is 17.9. The summed E-state index contributed by atoms with van der Waals surface area (Å²) in [6.45, 7) is 3.33. The molecule has 0 N–H and O–H groups in total. The Hall–Kier alpha value is -3.68. The van der Waals surface area contributed by atoms with Crippen LogP contribution >= 0.6 is 0 Å². The number of hydrogen-bond donors (Lipinski definition) is 0. The molecule has 0 saturated carbocycles. The topological polar surface area (TPSA) is 79.3 Å². The highest BCUT2D eigenvalue weighted by Crippen LogP contribution is 2.33. The number of nitrogens with zero attached hydrogens (tertiary/aromatic N) is 5. The standard InChI is InChI=1S/C25H24FN5O2/c1-16-21-7-8-22(32)31(14-17-4-2-6-20(26)12-17)24(21)29-23(28-16)19-9-11-30(15-19)25(33)18-5-3-10-27-13-18/h2-6,10,12-13,19H,7-9,11,14-15H2,1H3/t19-/m0/s1. The van der Waals surface area contributed by atoms with Gasteiger partial charge in [0.05, 0.1) is 12.1 Å². The molecule has 2 aromatic heterocycles. The lowest BCUT2D eigenvalue weighted by Gasteiger charge is -2.30. The van der Waals surface area contributed by atoms with E-state index in [2.05, 4.69) is 4.98 Å². The Morgan fingerprint density at radius 1 is 1.18 bits per heavy atom. The number of halogens is 1. The number of aromatic nitrogens is 3. The second-order valence-corrected chi connectivity index (χ2v) is 8.56. The van der Waals surface area contributed by atoms with Gasteiger partial charge in [-0.25, -0.2) is 14.4 Å². The summed E-state index contributed by atoms with van der Waals surface area (Å²) in [7, 11) is 0. The number of carbonyl (C=O) groups excluding carboxylic acids is 2. The van der Waals surface area contributed by atoms with Crippen LogP contribution < -0.4 is 4.90 Å². The van der Waals surface area contributed by atoms with Crippen molar-refractivity contribution in [2.24, 2.45) is 0 Å². The van der Waals surface area contributed by atoms with Gasteiger partial charge in [0.1, 0.15) is 17.5 Å². The van der Waals surface area contributed by atoms with E-state index >= 15 is 0 Å². The van der Waals surface area contributed by atoms with Crippen molar-refractivity contribution in [1.29, 1.82) is 0 Å². The first-order valence-corrected chi connectivity index (χ1v) is 11.1. The smallest absolute Gasteiger partial charge is 0.255 e. The molecular formula is C25H24FN5O2. The molecule has 0 aliphatic carbocycles. The largest absolute Gasteiger partial charge is 0.338 e. The van der Waals surface area contributed by atoms with Crippen molar-refractivity contribution >= 4 is 17.6 Å². The Balaban J connectivity index is 1.41. The zero-order chi connectivity index (χ0) is 22.9. The van der Waals surface area contributed by atoms with Crippen LogP contribution in [0.5, 0.6) is 0 Å². The maximum absolute atomic E-state index is 13.7. The summed E-state index contributed by atoms with van der Waals surface area (Å²) in [5, 5.41) is 0. The summed E-state index contributed by atoms with van der Waals surface area (Å²) >= 11 is 0. The van der Waals surface area contributed by atoms with Crippen molar-refractivity contribution in [1.82, 2.24) is 19.9 Å². The molecule has 0 bridgehead atoms. The third-order valence-electron chi connectivity index (χ3n) is 6.33. The predicted octanol–water partition coefficient (Wildman–Crippen LogP) is 3.43. The van der Waals surface area contributed by atoms with Crippen LogP contribution in [-0.4, -0.2) is 44.8 Å². The molecule has 1 aromatic carbocycles. The van der Waals surface area contributed by atoms with E-state index in [4.69, 9.17) is 9.97 Å². The second kappa shape index (κ2) is 8.69. The van der Waals surface area contributed by atoms with E-state index in [0.29, 0.717) is 48.7 Å². The van der Waals surface area contributed by atoms with Crippen molar-refractivity contribution < 1.29 is 14.0 Å². The van der Waals surface area contributed by atoms with E-state index < -0.39 is 0 Å². The van der Waals surface area contributed by atoms with Crippen molar-refractivity contribution in [3.63, 3.8) is 0 Å². The van der Waals surface area contributed by atoms with Crippen LogP contribution in [-0.2, 0) is 17.8 Å². The fourth-order valence-electron chi connectivity index (χ4n) is 4.59. The average Bonchev–Trinajstić information content (AvgIpc) is 3.31. The molecular weight excluding hydrogens is 421 g/mol. The molecule has 1 saturated heterocycles. The van der Waals surface area contributed by atoms with E-state index in [1.54, 1.807) is 46.5 Å². The van der Waals surface area contributed by atoms with Gasteiger partial charge in [0, 0.05) is 49.1 Å². The predicted molar refractivity (Wildman–Crippen MR) is 120 cm³/mol. The second-order valence-electron chi connectivity index (χ2n) is 8.56. The fourth-order valence-corrected chi connectivity index (χ4v) is 4.59. The maximum atomic E-state index is 13.7. The number of aryl methyl sites for hydroxylation is 1. The molecule has 7 nitrogen and oxygen atoms in total. The Bertz CT molecular complexity index is 1220. The van der Waals surface area contributed by atoms with Crippen LogP contribution in [0.3, 0.4) is 0 Å². The van der Waals surface area contributed by atoms with Gasteiger partial charge >= 0.3 is 0 Å². The molecule has 3 aromatic rings. The van der Waals surface area contributed by atoms with E-state index in [1.807, 2.05) is 6.92 Å². The van der Waals surface area contributed by atoms with E-state index in [9.17, 15) is 14.0 Å². The lowest BCUT2D eigenvalue weighted by Crippen LogP contribution is -2.36. The zero-order valence-electron chi connectivity index (χ0n) is 18.4. The lowest BCUT2D eigenvalue weighted by molar-refractivity contribution is -0.119. The van der Waals surface area contributed by atoms with Crippen molar-refractivity contribution in [2.45, 2.75) is 38.6 Å². The summed E-state index contributed by atoms with van der Waals surface area (Å²) in [6, 6.07) is 9.79. The van der Waals surface area contributed by atoms with Crippen molar-refractivity contribution in [2.75, 3.05) is 18.0 Å². The monoisotopic (exact) mass is 445 g/mol. The van der Waals surface area contributed by atoms with Crippen LogP contribution in [0.1, 0.15) is 51.8 Å². The van der Waals surface area contributed by atoms with Gasteiger partial charge in [-0.15, -0.1) is 0 Å². The first-order valence-electron chi connectivity index (χ1n) is 11.1.